The molecule has 182 valence electrons. The number of fused-ring (bicyclic) bond motifs is 4. The molecule has 0 aliphatic heterocycles. The number of benzene rings is 2. The molecule has 2 aromatic heterocycles. The first-order valence-electron chi connectivity index (χ1n) is 12.3. The Hall–Kier alpha value is -3.23. The second-order valence-electron chi connectivity index (χ2n) is 9.44. The van der Waals surface area contributed by atoms with Gasteiger partial charge in [0.05, 0.1) is 22.7 Å². The van der Waals surface area contributed by atoms with Crippen molar-refractivity contribution >= 4 is 34.1 Å². The quantitative estimate of drug-likeness (QED) is 0.267. The number of nitrogens with one attached hydrogen (secondary N) is 1. The van der Waals surface area contributed by atoms with Gasteiger partial charge in [-0.2, -0.15) is 0 Å². The van der Waals surface area contributed by atoms with Gasteiger partial charge >= 0.3 is 0 Å². The molecule has 36 heavy (non-hydrogen) atoms. The summed E-state index contributed by atoms with van der Waals surface area (Å²) in [6.07, 6.45) is 8.00. The molecule has 8 heteroatoms. The molecule has 0 radical (unpaired) electrons. The van der Waals surface area contributed by atoms with Crippen molar-refractivity contribution in [2.45, 2.75) is 49.1 Å². The second-order valence-corrected chi connectivity index (χ2v) is 11.3. The van der Waals surface area contributed by atoms with Gasteiger partial charge in [0.2, 0.25) is 5.91 Å². The van der Waals surface area contributed by atoms with Crippen molar-refractivity contribution in [1.29, 1.82) is 0 Å². The Balaban J connectivity index is 1.49. The summed E-state index contributed by atoms with van der Waals surface area (Å²) in [4.78, 5) is 36.4. The first kappa shape index (κ1) is 23.2. The highest BCUT2D eigenvalue weighted by atomic mass is 32.2. The van der Waals surface area contributed by atoms with Gasteiger partial charge in [-0.05, 0) is 37.0 Å². The van der Waals surface area contributed by atoms with Crippen molar-refractivity contribution in [3.8, 4) is 16.9 Å². The summed E-state index contributed by atoms with van der Waals surface area (Å²) >= 11 is 2.66. The topological polar surface area (TPSA) is 76.9 Å². The Morgan fingerprint density at radius 2 is 1.83 bits per heavy atom. The number of hydrogen-bond donors (Lipinski definition) is 1. The van der Waals surface area contributed by atoms with E-state index in [-0.39, 0.29) is 22.6 Å². The van der Waals surface area contributed by atoms with Crippen molar-refractivity contribution in [1.82, 2.24) is 14.5 Å². The largest absolute Gasteiger partial charge is 0.301 e. The fourth-order valence-corrected chi connectivity index (χ4v) is 7.01. The molecule has 2 aliphatic carbocycles. The number of nitrogens with zero attached hydrogens (tertiary/aromatic N) is 3. The second kappa shape index (κ2) is 9.67. The molecule has 1 fully saturated rings. The first-order chi connectivity index (χ1) is 17.6. The van der Waals surface area contributed by atoms with Crippen LogP contribution in [0.3, 0.4) is 0 Å². The zero-order chi connectivity index (χ0) is 24.5. The van der Waals surface area contributed by atoms with Crippen molar-refractivity contribution in [2.24, 2.45) is 0 Å². The van der Waals surface area contributed by atoms with Crippen LogP contribution < -0.4 is 10.9 Å². The van der Waals surface area contributed by atoms with Gasteiger partial charge in [-0.1, -0.05) is 73.5 Å². The zero-order valence-corrected chi connectivity index (χ0v) is 21.4. The van der Waals surface area contributed by atoms with E-state index in [4.69, 9.17) is 4.98 Å². The Morgan fingerprint density at radius 1 is 1.06 bits per heavy atom. The normalized spacial score (nSPS) is 15.8. The van der Waals surface area contributed by atoms with Crippen molar-refractivity contribution in [2.75, 3.05) is 11.1 Å². The van der Waals surface area contributed by atoms with E-state index >= 15 is 0 Å². The Labute approximate surface area is 217 Å². The van der Waals surface area contributed by atoms with Crippen LogP contribution in [0.15, 0.2) is 76.1 Å². The summed E-state index contributed by atoms with van der Waals surface area (Å²) in [5.74, 6) is -0.0459. The summed E-state index contributed by atoms with van der Waals surface area (Å²) in [6.45, 7) is 0. The summed E-state index contributed by atoms with van der Waals surface area (Å²) in [6, 6.07) is 18.0. The standard InChI is InChI=1S/C28H26N4O2S2/c33-22(30-26-29-15-16-35-26)18-36-27-31-24-21-12-6-5-9-19(21)17-28(13-7-2-8-14-28)23(24)25(34)32(27)20-10-3-1-4-11-20/h1,3-6,9-12,15-16H,2,7-8,13-14,17-18H2,(H,29,30,33). The van der Waals surface area contributed by atoms with Gasteiger partial charge < -0.3 is 5.32 Å². The maximum absolute atomic E-state index is 14.4. The zero-order valence-electron chi connectivity index (χ0n) is 19.8. The number of carbonyl (C=O) groups is 1. The third-order valence-corrected chi connectivity index (χ3v) is 8.85. The molecular weight excluding hydrogens is 488 g/mol. The lowest BCUT2D eigenvalue weighted by Crippen LogP contribution is -2.43. The minimum Gasteiger partial charge on any atom is -0.301 e. The number of hydrogen-bond acceptors (Lipinski definition) is 6. The van der Waals surface area contributed by atoms with Crippen LogP contribution in [0.25, 0.3) is 16.9 Å². The summed E-state index contributed by atoms with van der Waals surface area (Å²) in [5.41, 5.74) is 4.51. The molecule has 1 amide bonds. The van der Waals surface area contributed by atoms with E-state index in [1.54, 1.807) is 10.8 Å². The van der Waals surface area contributed by atoms with E-state index in [9.17, 15) is 9.59 Å². The number of thiazole rings is 1. The number of carbonyl (C=O) groups excluding carboxylic acids is 1. The SMILES string of the molecule is O=C(CSc1nc2c(c(=O)n1-c1ccccc1)C1(CCCCC1)Cc1ccccc1-2)Nc1nccs1. The van der Waals surface area contributed by atoms with Crippen LogP contribution >= 0.6 is 23.1 Å². The van der Waals surface area contributed by atoms with Gasteiger partial charge in [0.25, 0.3) is 5.56 Å². The van der Waals surface area contributed by atoms with Gasteiger partial charge in [-0.15, -0.1) is 11.3 Å². The van der Waals surface area contributed by atoms with E-state index in [1.807, 2.05) is 41.8 Å². The molecule has 0 atom stereocenters. The van der Waals surface area contributed by atoms with E-state index in [0.29, 0.717) is 10.3 Å². The van der Waals surface area contributed by atoms with Crippen LogP contribution in [0.5, 0.6) is 0 Å². The highest BCUT2D eigenvalue weighted by Gasteiger charge is 2.43. The Bertz CT molecular complexity index is 1460. The number of para-hydroxylation sites is 1. The molecule has 6 rings (SSSR count). The molecule has 0 saturated heterocycles. The Kier molecular flexibility index (Phi) is 6.23. The van der Waals surface area contributed by atoms with E-state index in [1.165, 1.54) is 35.1 Å². The molecule has 4 aromatic rings. The number of amides is 1. The van der Waals surface area contributed by atoms with Crippen LogP contribution in [0.4, 0.5) is 5.13 Å². The summed E-state index contributed by atoms with van der Waals surface area (Å²) < 4.78 is 1.71. The molecular formula is C28H26N4O2S2. The monoisotopic (exact) mass is 514 g/mol. The van der Waals surface area contributed by atoms with Crippen LogP contribution in [0.2, 0.25) is 0 Å². The number of thioether (sulfide) groups is 1. The summed E-state index contributed by atoms with van der Waals surface area (Å²) in [5, 5.41) is 5.73. The highest BCUT2D eigenvalue weighted by Crippen LogP contribution is 2.49. The molecule has 6 nitrogen and oxygen atoms in total. The maximum atomic E-state index is 14.4. The van der Waals surface area contributed by atoms with E-state index in [2.05, 4.69) is 28.5 Å². The highest BCUT2D eigenvalue weighted by molar-refractivity contribution is 7.99. The molecule has 2 aliphatic rings. The van der Waals surface area contributed by atoms with Gasteiger partial charge in [-0.25, -0.2) is 9.97 Å². The predicted molar refractivity (Wildman–Crippen MR) is 145 cm³/mol. The fraction of sp³-hybridized carbons (Fsp3) is 0.286. The molecule has 2 heterocycles. The molecule has 2 aromatic carbocycles. The molecule has 0 bridgehead atoms. The van der Waals surface area contributed by atoms with Crippen LogP contribution in [0, 0.1) is 0 Å². The molecule has 1 spiro atoms. The van der Waals surface area contributed by atoms with Crippen LogP contribution in [0.1, 0.15) is 43.2 Å². The van der Waals surface area contributed by atoms with Crippen molar-refractivity contribution < 1.29 is 4.79 Å². The third-order valence-electron chi connectivity index (χ3n) is 7.22. The Morgan fingerprint density at radius 3 is 2.61 bits per heavy atom. The van der Waals surface area contributed by atoms with Gasteiger partial charge in [0, 0.05) is 22.6 Å². The van der Waals surface area contributed by atoms with Gasteiger partial charge in [0.1, 0.15) is 0 Å². The molecule has 1 N–H and O–H groups in total. The minimum atomic E-state index is -0.187. The lowest BCUT2D eigenvalue weighted by Gasteiger charge is -2.42. The fourth-order valence-electron chi connectivity index (χ4n) is 5.66. The van der Waals surface area contributed by atoms with Crippen molar-refractivity contribution in [3.05, 3.63) is 87.7 Å². The molecule has 1 saturated carbocycles. The summed E-state index contributed by atoms with van der Waals surface area (Å²) in [7, 11) is 0. The van der Waals surface area contributed by atoms with Crippen LogP contribution in [-0.4, -0.2) is 26.2 Å². The lowest BCUT2D eigenvalue weighted by atomic mass is 9.62. The first-order valence-corrected chi connectivity index (χ1v) is 14.1. The smallest absolute Gasteiger partial charge is 0.263 e. The minimum absolute atomic E-state index is 0.00886. The molecule has 0 unspecified atom stereocenters. The van der Waals surface area contributed by atoms with Crippen molar-refractivity contribution in [3.63, 3.8) is 0 Å². The van der Waals surface area contributed by atoms with E-state index in [0.717, 1.165) is 54.6 Å². The predicted octanol–water partition coefficient (Wildman–Crippen LogP) is 5.84. The average Bonchev–Trinajstić information content (AvgIpc) is 3.41. The van der Waals surface area contributed by atoms with Gasteiger partial charge in [0.15, 0.2) is 10.3 Å². The van der Waals surface area contributed by atoms with Gasteiger partial charge in [-0.3, -0.25) is 14.2 Å². The number of aromatic nitrogens is 3. The van der Waals surface area contributed by atoms with Crippen LogP contribution in [-0.2, 0) is 16.6 Å². The average molecular weight is 515 g/mol. The number of rotatable bonds is 5. The van der Waals surface area contributed by atoms with E-state index < -0.39 is 0 Å². The lowest BCUT2D eigenvalue weighted by molar-refractivity contribution is -0.113. The number of anilines is 1. The maximum Gasteiger partial charge on any atom is 0.263 e. The third kappa shape index (κ3) is 4.18.